The maximum absolute atomic E-state index is 6.59. The molecule has 9 rings (SSSR count). The van der Waals surface area contributed by atoms with Crippen LogP contribution in [0.2, 0.25) is 19.6 Å². The molecule has 0 N–H and O–H groups in total. The third kappa shape index (κ3) is 9.29. The number of pyridine rings is 2. The van der Waals surface area contributed by atoms with Crippen LogP contribution in [0.3, 0.4) is 0 Å². The molecule has 7 heteroatoms. The van der Waals surface area contributed by atoms with Crippen LogP contribution >= 0.6 is 0 Å². The second-order valence-electron chi connectivity index (χ2n) is 18.7. The summed E-state index contributed by atoms with van der Waals surface area (Å²) < 4.78 is 8.95. The Morgan fingerprint density at radius 3 is 2.05 bits per heavy atom. The molecule has 5 nitrogen and oxygen atoms in total. The Kier molecular flexibility index (Phi) is 13.5. The molecule has 0 aliphatic heterocycles. The van der Waals surface area contributed by atoms with E-state index in [2.05, 4.69) is 174 Å². The molecule has 0 saturated heterocycles. The second kappa shape index (κ2) is 18.7. The van der Waals surface area contributed by atoms with Gasteiger partial charge in [0.05, 0.1) is 30.5 Å². The van der Waals surface area contributed by atoms with Gasteiger partial charge in [-0.05, 0) is 95.4 Å². The normalized spacial score (nSPS) is 11.8. The minimum absolute atomic E-state index is 0. The van der Waals surface area contributed by atoms with Crippen molar-refractivity contribution in [1.29, 1.82) is 0 Å². The van der Waals surface area contributed by atoms with E-state index >= 15 is 0 Å². The number of aromatic nitrogens is 4. The predicted octanol–water partition coefficient (Wildman–Crippen LogP) is 14.6. The summed E-state index contributed by atoms with van der Waals surface area (Å²) >= 11 is 0. The van der Waals surface area contributed by atoms with Crippen LogP contribution in [0.25, 0.3) is 72.4 Å². The van der Waals surface area contributed by atoms with Gasteiger partial charge in [0, 0.05) is 54.8 Å². The molecule has 0 fully saturated rings. The molecule has 323 valence electrons. The molecular weight excluding hydrogens is 965 g/mol. The summed E-state index contributed by atoms with van der Waals surface area (Å²) in [6.45, 7) is 24.9. The molecule has 0 bridgehead atoms. The zero-order chi connectivity index (χ0) is 43.9. The summed E-state index contributed by atoms with van der Waals surface area (Å²) in [5.74, 6) is 2.08. The van der Waals surface area contributed by atoms with E-state index in [-0.39, 0.29) is 31.9 Å². The first-order chi connectivity index (χ1) is 29.7. The van der Waals surface area contributed by atoms with Crippen molar-refractivity contribution in [2.45, 2.75) is 93.3 Å². The van der Waals surface area contributed by atoms with E-state index in [1.165, 1.54) is 38.7 Å². The van der Waals surface area contributed by atoms with Gasteiger partial charge >= 0.3 is 0 Å². The minimum atomic E-state index is -1.34. The molecule has 5 aromatic carbocycles. The van der Waals surface area contributed by atoms with E-state index in [9.17, 15) is 0 Å². The molecule has 9 aromatic rings. The third-order valence-electron chi connectivity index (χ3n) is 11.7. The number of furan rings is 1. The molecule has 0 aliphatic rings. The van der Waals surface area contributed by atoms with Gasteiger partial charge in [0.1, 0.15) is 5.58 Å². The molecule has 0 amide bonds. The fraction of sp³-hybridized carbons (Fsp3) is 0.268. The Balaban J connectivity index is 0.000000239. The van der Waals surface area contributed by atoms with Gasteiger partial charge in [-0.3, -0.25) is 9.97 Å². The molecular formula is C56H58IrN4OSi-2. The smallest absolute Gasteiger partial charge is 0.124 e. The molecule has 4 heterocycles. The summed E-state index contributed by atoms with van der Waals surface area (Å²) in [6, 6.07) is 47.0. The molecule has 4 aromatic heterocycles. The predicted molar refractivity (Wildman–Crippen MR) is 264 cm³/mol. The average molecular weight is 1020 g/mol. The van der Waals surface area contributed by atoms with Gasteiger partial charge in [0.15, 0.2) is 0 Å². The molecule has 0 spiro atoms. The summed E-state index contributed by atoms with van der Waals surface area (Å²) in [6.07, 6.45) is 3.24. The largest absolute Gasteiger partial charge is 0.500 e. The number of para-hydroxylation sites is 2. The molecule has 63 heavy (non-hydrogen) atoms. The quantitative estimate of drug-likeness (QED) is 0.107. The number of imidazole rings is 1. The van der Waals surface area contributed by atoms with Crippen LogP contribution in [0.5, 0.6) is 0 Å². The van der Waals surface area contributed by atoms with Crippen molar-refractivity contribution >= 4 is 46.2 Å². The fourth-order valence-electron chi connectivity index (χ4n) is 8.78. The van der Waals surface area contributed by atoms with Crippen LogP contribution < -0.4 is 5.19 Å². The van der Waals surface area contributed by atoms with E-state index in [0.29, 0.717) is 5.92 Å². The molecule has 0 saturated carbocycles. The van der Waals surface area contributed by atoms with Crippen molar-refractivity contribution in [2.24, 2.45) is 5.92 Å². The van der Waals surface area contributed by atoms with Gasteiger partial charge in [-0.2, -0.15) is 0 Å². The van der Waals surface area contributed by atoms with Gasteiger partial charge in [-0.1, -0.05) is 126 Å². The van der Waals surface area contributed by atoms with Gasteiger partial charge < -0.3 is 14.0 Å². The van der Waals surface area contributed by atoms with Crippen LogP contribution in [0.4, 0.5) is 0 Å². The SMILES string of the molecule is CC(C)Cc1cc(-c2[c-]cccc2)ncc1[Si](C)(C)C.Cc1cc2oc3c(-c4nc5ccccc5n4-c4c(C(C)C)cc(-c5ccccc5)cc4C(C)C)[c-]ccc3c2c(C)n1.[Ir]. The van der Waals surface area contributed by atoms with Gasteiger partial charge in [-0.15, -0.1) is 54.1 Å². The van der Waals surface area contributed by atoms with Gasteiger partial charge in [-0.25, -0.2) is 0 Å². The zero-order valence-corrected chi connectivity index (χ0v) is 41.9. The van der Waals surface area contributed by atoms with Crippen LogP contribution in [0, 0.1) is 31.9 Å². The number of fused-ring (bicyclic) bond motifs is 4. The minimum Gasteiger partial charge on any atom is -0.500 e. The maximum atomic E-state index is 6.59. The Hall–Kier alpha value is -5.46. The van der Waals surface area contributed by atoms with E-state index < -0.39 is 8.07 Å². The second-order valence-corrected chi connectivity index (χ2v) is 23.7. The van der Waals surface area contributed by atoms with Gasteiger partial charge in [0.25, 0.3) is 0 Å². The number of aryl methyl sites for hydroxylation is 2. The number of hydrogen-bond donors (Lipinski definition) is 0. The molecule has 0 aliphatic carbocycles. The fourth-order valence-corrected chi connectivity index (χ4v) is 10.4. The molecule has 0 unspecified atom stereocenters. The topological polar surface area (TPSA) is 56.7 Å². The van der Waals surface area contributed by atoms with E-state index in [4.69, 9.17) is 14.4 Å². The summed E-state index contributed by atoms with van der Waals surface area (Å²) in [5.41, 5.74) is 16.2. The van der Waals surface area contributed by atoms with Crippen LogP contribution in [-0.4, -0.2) is 27.6 Å². The summed E-state index contributed by atoms with van der Waals surface area (Å²) in [5, 5.41) is 3.58. The Labute approximate surface area is 388 Å². The Bertz CT molecular complexity index is 3000. The van der Waals surface area contributed by atoms with Crippen molar-refractivity contribution in [1.82, 2.24) is 19.5 Å². The summed E-state index contributed by atoms with van der Waals surface area (Å²) in [4.78, 5) is 14.7. The van der Waals surface area contributed by atoms with E-state index in [1.54, 1.807) is 0 Å². The molecule has 0 atom stereocenters. The number of hydrogen-bond acceptors (Lipinski definition) is 4. The van der Waals surface area contributed by atoms with Crippen LogP contribution in [0.1, 0.15) is 81.5 Å². The molecule has 1 radical (unpaired) electrons. The Morgan fingerprint density at radius 2 is 1.40 bits per heavy atom. The maximum Gasteiger partial charge on any atom is 0.124 e. The number of benzene rings is 5. The van der Waals surface area contributed by atoms with Crippen LogP contribution in [0.15, 0.2) is 126 Å². The van der Waals surface area contributed by atoms with Crippen molar-refractivity contribution in [3.63, 3.8) is 0 Å². The monoisotopic (exact) mass is 1020 g/mol. The summed E-state index contributed by atoms with van der Waals surface area (Å²) in [7, 11) is -1.34. The van der Waals surface area contributed by atoms with Crippen molar-refractivity contribution < 1.29 is 24.5 Å². The van der Waals surface area contributed by atoms with Crippen molar-refractivity contribution in [3.05, 3.63) is 162 Å². The van der Waals surface area contributed by atoms with Crippen LogP contribution in [-0.2, 0) is 26.5 Å². The number of rotatable bonds is 9. The first-order valence-electron chi connectivity index (χ1n) is 22.1. The zero-order valence-electron chi connectivity index (χ0n) is 38.5. The van der Waals surface area contributed by atoms with E-state index in [1.807, 2.05) is 44.2 Å². The van der Waals surface area contributed by atoms with Crippen molar-refractivity contribution in [3.8, 4) is 39.5 Å². The first kappa shape index (κ1) is 45.6. The average Bonchev–Trinajstić information content (AvgIpc) is 3.82. The van der Waals surface area contributed by atoms with E-state index in [0.717, 1.165) is 73.4 Å². The van der Waals surface area contributed by atoms with Gasteiger partial charge in [0.2, 0.25) is 0 Å². The van der Waals surface area contributed by atoms with Crippen molar-refractivity contribution in [2.75, 3.05) is 0 Å². The number of nitrogens with zero attached hydrogens (tertiary/aromatic N) is 4. The first-order valence-corrected chi connectivity index (χ1v) is 25.6. The standard InChI is InChI=1S/C38H34N3O.C18H24NSi.Ir/c1-22(2)30-20-27(26-13-8-7-9-14-26)21-31(23(3)4)36(30)41-33-18-11-10-17-32(33)40-38(41)29-16-12-15-28-35-25(6)39-24(5)19-34(35)42-37(28)29;1-14(2)11-16-12-17(15-9-7-6-8-10-15)19-13-18(16)20(3,4)5;/h7-15,17-23H,1-6H3;6-9,12-14H,11H2,1-5H3;/q2*-1;. The Morgan fingerprint density at radius 1 is 0.714 bits per heavy atom. The third-order valence-corrected chi connectivity index (χ3v) is 13.7.